The van der Waals surface area contributed by atoms with E-state index >= 15 is 0 Å². The zero-order valence-electron chi connectivity index (χ0n) is 9.90. The van der Waals surface area contributed by atoms with Crippen LogP contribution in [0.1, 0.15) is 26.7 Å². The highest BCUT2D eigenvalue weighted by atomic mass is 16.4. The lowest BCUT2D eigenvalue weighted by Gasteiger charge is -2.26. The van der Waals surface area contributed by atoms with E-state index in [0.717, 1.165) is 0 Å². The second-order valence-electron chi connectivity index (χ2n) is 3.74. The molecule has 0 aliphatic rings. The summed E-state index contributed by atoms with van der Waals surface area (Å²) in [5.41, 5.74) is 0. The number of amides is 2. The van der Waals surface area contributed by atoms with Gasteiger partial charge in [0, 0.05) is 19.1 Å². The second kappa shape index (κ2) is 7.73. The molecule has 2 N–H and O–H groups in total. The van der Waals surface area contributed by atoms with E-state index < -0.39 is 5.97 Å². The molecule has 0 heterocycles. The van der Waals surface area contributed by atoms with Crippen LogP contribution in [0.25, 0.3) is 0 Å². The van der Waals surface area contributed by atoms with Gasteiger partial charge in [-0.3, -0.25) is 4.79 Å². The molecule has 0 aliphatic heterocycles. The molecule has 0 saturated carbocycles. The first-order valence-electron chi connectivity index (χ1n) is 5.36. The molecule has 0 spiro atoms. The zero-order chi connectivity index (χ0) is 12.6. The molecule has 0 aliphatic carbocycles. The Kier molecular flexibility index (Phi) is 7.00. The molecule has 0 unspecified atom stereocenters. The number of carboxylic acids is 1. The van der Waals surface area contributed by atoms with E-state index in [1.807, 2.05) is 13.8 Å². The molecule has 0 rings (SSSR count). The van der Waals surface area contributed by atoms with Crippen LogP contribution in [0.5, 0.6) is 0 Å². The van der Waals surface area contributed by atoms with Gasteiger partial charge in [0.05, 0.1) is 6.42 Å². The van der Waals surface area contributed by atoms with Crippen molar-refractivity contribution in [2.75, 3.05) is 13.1 Å². The van der Waals surface area contributed by atoms with Crippen LogP contribution < -0.4 is 5.32 Å². The number of hydrogen-bond acceptors (Lipinski definition) is 2. The van der Waals surface area contributed by atoms with Gasteiger partial charge in [-0.1, -0.05) is 6.08 Å². The van der Waals surface area contributed by atoms with E-state index in [-0.39, 0.29) is 25.0 Å². The smallest absolute Gasteiger partial charge is 0.317 e. The molecule has 5 heteroatoms. The van der Waals surface area contributed by atoms with Crippen molar-refractivity contribution < 1.29 is 14.7 Å². The molecule has 0 radical (unpaired) electrons. The van der Waals surface area contributed by atoms with Crippen molar-refractivity contribution in [3.63, 3.8) is 0 Å². The SMILES string of the molecule is C=CCCNC(=O)N(CCC(=O)O)C(C)C. The van der Waals surface area contributed by atoms with Crippen LogP contribution in [-0.4, -0.2) is 41.1 Å². The average Bonchev–Trinajstić information content (AvgIpc) is 2.17. The third kappa shape index (κ3) is 6.06. The average molecular weight is 228 g/mol. The van der Waals surface area contributed by atoms with Crippen LogP contribution >= 0.6 is 0 Å². The van der Waals surface area contributed by atoms with Crippen LogP contribution in [0.4, 0.5) is 4.79 Å². The van der Waals surface area contributed by atoms with Gasteiger partial charge in [0.1, 0.15) is 0 Å². The Morgan fingerprint density at radius 3 is 2.56 bits per heavy atom. The van der Waals surface area contributed by atoms with Gasteiger partial charge in [-0.2, -0.15) is 0 Å². The molecular formula is C11H20N2O3. The number of nitrogens with zero attached hydrogens (tertiary/aromatic N) is 1. The quantitative estimate of drug-likeness (QED) is 0.512. The Balaban J connectivity index is 4.13. The Bertz CT molecular complexity index is 252. The van der Waals surface area contributed by atoms with E-state index in [1.165, 1.54) is 4.90 Å². The minimum Gasteiger partial charge on any atom is -0.481 e. The van der Waals surface area contributed by atoms with Gasteiger partial charge in [0.2, 0.25) is 0 Å². The van der Waals surface area contributed by atoms with E-state index in [1.54, 1.807) is 6.08 Å². The fraction of sp³-hybridized carbons (Fsp3) is 0.636. The molecule has 0 aromatic carbocycles. The maximum atomic E-state index is 11.7. The molecule has 5 nitrogen and oxygen atoms in total. The summed E-state index contributed by atoms with van der Waals surface area (Å²) in [4.78, 5) is 23.6. The van der Waals surface area contributed by atoms with Crippen LogP contribution in [0.3, 0.4) is 0 Å². The fourth-order valence-corrected chi connectivity index (χ4v) is 1.19. The first kappa shape index (κ1) is 14.5. The van der Waals surface area contributed by atoms with Gasteiger partial charge in [0.15, 0.2) is 0 Å². The highest BCUT2D eigenvalue weighted by Crippen LogP contribution is 2.00. The predicted molar refractivity (Wildman–Crippen MR) is 62.3 cm³/mol. The lowest BCUT2D eigenvalue weighted by molar-refractivity contribution is -0.137. The fourth-order valence-electron chi connectivity index (χ4n) is 1.19. The number of aliphatic carboxylic acids is 1. The topological polar surface area (TPSA) is 69.6 Å². The predicted octanol–water partition coefficient (Wildman–Crippen LogP) is 1.46. The monoisotopic (exact) mass is 228 g/mol. The van der Waals surface area contributed by atoms with Crippen molar-refractivity contribution in [3.05, 3.63) is 12.7 Å². The lowest BCUT2D eigenvalue weighted by Crippen LogP contribution is -2.45. The summed E-state index contributed by atoms with van der Waals surface area (Å²) in [5.74, 6) is -0.899. The Hall–Kier alpha value is -1.52. The maximum absolute atomic E-state index is 11.7. The van der Waals surface area contributed by atoms with Crippen molar-refractivity contribution in [1.29, 1.82) is 0 Å². The van der Waals surface area contributed by atoms with Crippen LogP contribution in [-0.2, 0) is 4.79 Å². The molecule has 0 fully saturated rings. The zero-order valence-corrected chi connectivity index (χ0v) is 9.90. The van der Waals surface area contributed by atoms with Crippen molar-refractivity contribution in [2.45, 2.75) is 32.7 Å². The van der Waals surface area contributed by atoms with Crippen LogP contribution in [0, 0.1) is 0 Å². The number of rotatable bonds is 7. The number of carboxylic acid groups (broad SMARTS) is 1. The Morgan fingerprint density at radius 1 is 1.50 bits per heavy atom. The Labute approximate surface area is 96.1 Å². The lowest BCUT2D eigenvalue weighted by atomic mass is 10.3. The third-order valence-corrected chi connectivity index (χ3v) is 2.08. The summed E-state index contributed by atoms with van der Waals surface area (Å²) in [6, 6.07) is -0.235. The van der Waals surface area contributed by atoms with Crippen molar-refractivity contribution in [1.82, 2.24) is 10.2 Å². The third-order valence-electron chi connectivity index (χ3n) is 2.08. The van der Waals surface area contributed by atoms with E-state index in [9.17, 15) is 9.59 Å². The minimum atomic E-state index is -0.899. The van der Waals surface area contributed by atoms with Gasteiger partial charge < -0.3 is 15.3 Å². The molecule has 0 bridgehead atoms. The van der Waals surface area contributed by atoms with Crippen molar-refractivity contribution in [2.24, 2.45) is 0 Å². The molecule has 0 aromatic heterocycles. The van der Waals surface area contributed by atoms with E-state index in [2.05, 4.69) is 11.9 Å². The molecule has 0 aromatic rings. The molecule has 2 amide bonds. The second-order valence-corrected chi connectivity index (χ2v) is 3.74. The van der Waals surface area contributed by atoms with Gasteiger partial charge in [-0.15, -0.1) is 6.58 Å². The van der Waals surface area contributed by atoms with E-state index in [0.29, 0.717) is 13.0 Å². The van der Waals surface area contributed by atoms with Crippen molar-refractivity contribution in [3.8, 4) is 0 Å². The largest absolute Gasteiger partial charge is 0.481 e. The van der Waals surface area contributed by atoms with Gasteiger partial charge >= 0.3 is 12.0 Å². The van der Waals surface area contributed by atoms with Crippen LogP contribution in [0.2, 0.25) is 0 Å². The summed E-state index contributed by atoms with van der Waals surface area (Å²) in [6.07, 6.45) is 2.39. The molecule has 16 heavy (non-hydrogen) atoms. The minimum absolute atomic E-state index is 0.0110. The maximum Gasteiger partial charge on any atom is 0.317 e. The van der Waals surface area contributed by atoms with Gasteiger partial charge in [-0.25, -0.2) is 4.79 Å². The summed E-state index contributed by atoms with van der Waals surface area (Å²) in [6.45, 7) is 8.02. The number of hydrogen-bond donors (Lipinski definition) is 2. The number of nitrogens with one attached hydrogen (secondary N) is 1. The number of carbonyl (C=O) groups is 2. The first-order chi connectivity index (χ1) is 7.49. The molecular weight excluding hydrogens is 208 g/mol. The summed E-state index contributed by atoms with van der Waals surface area (Å²) >= 11 is 0. The molecule has 0 saturated heterocycles. The Morgan fingerprint density at radius 2 is 2.12 bits per heavy atom. The number of urea groups is 1. The summed E-state index contributed by atoms with van der Waals surface area (Å²) in [7, 11) is 0. The standard InChI is InChI=1S/C11H20N2O3/c1-4-5-7-12-11(16)13(9(2)3)8-6-10(14)15/h4,9H,1,5-8H2,2-3H3,(H,12,16)(H,14,15). The van der Waals surface area contributed by atoms with Crippen molar-refractivity contribution >= 4 is 12.0 Å². The highest BCUT2D eigenvalue weighted by molar-refractivity contribution is 5.75. The van der Waals surface area contributed by atoms with Crippen LogP contribution in [0.15, 0.2) is 12.7 Å². The number of carbonyl (C=O) groups excluding carboxylic acids is 1. The molecule has 92 valence electrons. The summed E-state index contributed by atoms with van der Waals surface area (Å²) in [5, 5.41) is 11.3. The van der Waals surface area contributed by atoms with Gasteiger partial charge in [0.25, 0.3) is 0 Å². The first-order valence-corrected chi connectivity index (χ1v) is 5.36. The highest BCUT2D eigenvalue weighted by Gasteiger charge is 2.16. The van der Waals surface area contributed by atoms with Gasteiger partial charge in [-0.05, 0) is 20.3 Å². The normalized spacial score (nSPS) is 9.94. The van der Waals surface area contributed by atoms with E-state index in [4.69, 9.17) is 5.11 Å². The summed E-state index contributed by atoms with van der Waals surface area (Å²) < 4.78 is 0. The molecule has 0 atom stereocenters.